The highest BCUT2D eigenvalue weighted by Crippen LogP contribution is 2.15. The number of piperidine rings is 1. The largest absolute Gasteiger partial charge is 0.393 e. The van der Waals surface area contributed by atoms with Crippen LogP contribution < -0.4 is 5.32 Å². The molecule has 1 aliphatic heterocycles. The Morgan fingerprint density at radius 3 is 2.95 bits per heavy atom. The molecule has 2 unspecified atom stereocenters. The van der Waals surface area contributed by atoms with E-state index in [0.29, 0.717) is 25.1 Å². The molecule has 0 aliphatic carbocycles. The van der Waals surface area contributed by atoms with Crippen LogP contribution in [0.5, 0.6) is 0 Å². The van der Waals surface area contributed by atoms with Gasteiger partial charge < -0.3 is 10.4 Å². The Bertz CT molecular complexity index is 467. The van der Waals surface area contributed by atoms with E-state index in [1.165, 1.54) is 6.07 Å². The fourth-order valence-electron chi connectivity index (χ4n) is 2.46. The molecule has 4 nitrogen and oxygen atoms in total. The minimum Gasteiger partial charge on any atom is -0.393 e. The third-order valence-corrected chi connectivity index (χ3v) is 3.75. The van der Waals surface area contributed by atoms with E-state index in [9.17, 15) is 14.3 Å². The summed E-state index contributed by atoms with van der Waals surface area (Å²) in [5, 5.41) is 12.4. The second kappa shape index (κ2) is 6.81. The van der Waals surface area contributed by atoms with Crippen molar-refractivity contribution in [2.45, 2.75) is 26.0 Å². The van der Waals surface area contributed by atoms with E-state index in [4.69, 9.17) is 0 Å². The van der Waals surface area contributed by atoms with Crippen LogP contribution >= 0.6 is 0 Å². The zero-order chi connectivity index (χ0) is 14.5. The fraction of sp³-hybridized carbons (Fsp3) is 0.533. The number of aliphatic hydroxyl groups is 1. The summed E-state index contributed by atoms with van der Waals surface area (Å²) >= 11 is 0. The molecule has 0 spiro atoms. The van der Waals surface area contributed by atoms with Crippen molar-refractivity contribution in [3.05, 3.63) is 35.6 Å². The van der Waals surface area contributed by atoms with Gasteiger partial charge in [-0.05, 0) is 18.4 Å². The first-order chi connectivity index (χ1) is 9.56. The lowest BCUT2D eigenvalue weighted by Gasteiger charge is -2.33. The van der Waals surface area contributed by atoms with Crippen LogP contribution in [0.3, 0.4) is 0 Å². The number of hydrogen-bond donors (Lipinski definition) is 2. The summed E-state index contributed by atoms with van der Waals surface area (Å²) in [6, 6.07) is 6.42. The van der Waals surface area contributed by atoms with Gasteiger partial charge in [0.25, 0.3) is 0 Å². The van der Waals surface area contributed by atoms with E-state index in [2.05, 4.69) is 5.32 Å². The van der Waals surface area contributed by atoms with E-state index in [0.717, 1.165) is 6.54 Å². The minimum atomic E-state index is -0.303. The van der Waals surface area contributed by atoms with E-state index >= 15 is 0 Å². The highest BCUT2D eigenvalue weighted by atomic mass is 19.1. The number of carbonyl (C=O) groups excluding carboxylic acids is 1. The molecule has 110 valence electrons. The summed E-state index contributed by atoms with van der Waals surface area (Å²) in [6.07, 6.45) is 0.426. The van der Waals surface area contributed by atoms with Crippen LogP contribution in [-0.4, -0.2) is 41.7 Å². The molecule has 2 atom stereocenters. The molecule has 20 heavy (non-hydrogen) atoms. The Kier molecular flexibility index (Phi) is 5.09. The maximum Gasteiger partial charge on any atom is 0.234 e. The van der Waals surface area contributed by atoms with Crippen molar-refractivity contribution in [3.8, 4) is 0 Å². The number of nitrogens with zero attached hydrogens (tertiary/aromatic N) is 1. The molecule has 0 bridgehead atoms. The number of benzene rings is 1. The highest BCUT2D eigenvalue weighted by molar-refractivity contribution is 5.78. The van der Waals surface area contributed by atoms with E-state index in [1.54, 1.807) is 18.2 Å². The molecule has 1 aromatic carbocycles. The van der Waals surface area contributed by atoms with Gasteiger partial charge in [-0.3, -0.25) is 9.69 Å². The van der Waals surface area contributed by atoms with Crippen LogP contribution in [0.2, 0.25) is 0 Å². The Hall–Kier alpha value is -1.46. The number of carbonyl (C=O) groups is 1. The topological polar surface area (TPSA) is 52.6 Å². The molecule has 1 saturated heterocycles. The first-order valence-electron chi connectivity index (χ1n) is 6.97. The van der Waals surface area contributed by atoms with Crippen molar-refractivity contribution in [1.82, 2.24) is 10.2 Å². The van der Waals surface area contributed by atoms with Gasteiger partial charge in [0.1, 0.15) is 5.82 Å². The fourth-order valence-corrected chi connectivity index (χ4v) is 2.46. The molecule has 0 aromatic heterocycles. The summed E-state index contributed by atoms with van der Waals surface area (Å²) < 4.78 is 13.4. The van der Waals surface area contributed by atoms with Crippen LogP contribution in [-0.2, 0) is 11.3 Å². The van der Waals surface area contributed by atoms with Crippen LogP contribution in [0, 0.1) is 11.7 Å². The van der Waals surface area contributed by atoms with Gasteiger partial charge in [0.2, 0.25) is 5.91 Å². The zero-order valence-electron chi connectivity index (χ0n) is 11.7. The lowest BCUT2D eigenvalue weighted by molar-refractivity contribution is -0.123. The van der Waals surface area contributed by atoms with Crippen LogP contribution in [0.15, 0.2) is 24.3 Å². The van der Waals surface area contributed by atoms with Gasteiger partial charge in [-0.15, -0.1) is 0 Å². The quantitative estimate of drug-likeness (QED) is 0.870. The SMILES string of the molecule is CC1CN(CC(=O)NCc2ccccc2F)CCC1O. The molecule has 1 aliphatic rings. The molecule has 1 fully saturated rings. The van der Waals surface area contributed by atoms with E-state index in [1.807, 2.05) is 11.8 Å². The lowest BCUT2D eigenvalue weighted by atomic mass is 9.97. The summed E-state index contributed by atoms with van der Waals surface area (Å²) in [5.41, 5.74) is 0.489. The molecule has 1 heterocycles. The molecule has 1 amide bonds. The Balaban J connectivity index is 1.77. The smallest absolute Gasteiger partial charge is 0.234 e. The average Bonchev–Trinajstić information content (AvgIpc) is 2.42. The standard InChI is InChI=1S/C15H21FN2O2/c1-11-9-18(7-6-14(11)19)10-15(20)17-8-12-4-2-3-5-13(12)16/h2-5,11,14,19H,6-10H2,1H3,(H,17,20). The second-order valence-electron chi connectivity index (χ2n) is 5.44. The van der Waals surface area contributed by atoms with Crippen molar-refractivity contribution >= 4 is 5.91 Å². The molecule has 2 rings (SSSR count). The summed E-state index contributed by atoms with van der Waals surface area (Å²) in [7, 11) is 0. The first-order valence-corrected chi connectivity index (χ1v) is 6.97. The Labute approximate surface area is 118 Å². The van der Waals surface area contributed by atoms with Crippen LogP contribution in [0.25, 0.3) is 0 Å². The number of rotatable bonds is 4. The van der Waals surface area contributed by atoms with Crippen molar-refractivity contribution in [2.75, 3.05) is 19.6 Å². The Morgan fingerprint density at radius 2 is 2.25 bits per heavy atom. The van der Waals surface area contributed by atoms with Crippen molar-refractivity contribution in [2.24, 2.45) is 5.92 Å². The lowest BCUT2D eigenvalue weighted by Crippen LogP contribution is -2.46. The van der Waals surface area contributed by atoms with Crippen LogP contribution in [0.4, 0.5) is 4.39 Å². The number of hydrogen-bond acceptors (Lipinski definition) is 3. The normalized spacial score (nSPS) is 23.6. The van der Waals surface area contributed by atoms with Gasteiger partial charge in [-0.25, -0.2) is 4.39 Å². The molecule has 1 aromatic rings. The van der Waals surface area contributed by atoms with Crippen LogP contribution in [0.1, 0.15) is 18.9 Å². The number of aliphatic hydroxyl groups excluding tert-OH is 1. The number of halogens is 1. The molecule has 2 N–H and O–H groups in total. The van der Waals surface area contributed by atoms with E-state index < -0.39 is 0 Å². The predicted octanol–water partition coefficient (Wildman–Crippen LogP) is 1.14. The molecular weight excluding hydrogens is 259 g/mol. The maximum absolute atomic E-state index is 13.4. The minimum absolute atomic E-state index is 0.114. The van der Waals surface area contributed by atoms with Crippen molar-refractivity contribution in [1.29, 1.82) is 0 Å². The van der Waals surface area contributed by atoms with Crippen molar-refractivity contribution in [3.63, 3.8) is 0 Å². The third kappa shape index (κ3) is 4.02. The highest BCUT2D eigenvalue weighted by Gasteiger charge is 2.25. The van der Waals surface area contributed by atoms with E-state index in [-0.39, 0.29) is 30.3 Å². The van der Waals surface area contributed by atoms with Gasteiger partial charge in [-0.2, -0.15) is 0 Å². The van der Waals surface area contributed by atoms with Gasteiger partial charge >= 0.3 is 0 Å². The molecular formula is C15H21FN2O2. The van der Waals surface area contributed by atoms with Gasteiger partial charge in [0.05, 0.1) is 12.6 Å². The summed E-state index contributed by atoms with van der Waals surface area (Å²) in [6.45, 7) is 3.92. The maximum atomic E-state index is 13.4. The van der Waals surface area contributed by atoms with Gasteiger partial charge in [0.15, 0.2) is 0 Å². The second-order valence-corrected chi connectivity index (χ2v) is 5.44. The number of amides is 1. The molecule has 0 saturated carbocycles. The third-order valence-electron chi connectivity index (χ3n) is 3.75. The first kappa shape index (κ1) is 14.9. The summed E-state index contributed by atoms with van der Waals surface area (Å²) in [4.78, 5) is 13.9. The number of nitrogens with one attached hydrogen (secondary N) is 1. The average molecular weight is 280 g/mol. The van der Waals surface area contributed by atoms with Gasteiger partial charge in [-0.1, -0.05) is 25.1 Å². The zero-order valence-corrected chi connectivity index (χ0v) is 11.7. The van der Waals surface area contributed by atoms with Crippen molar-refractivity contribution < 1.29 is 14.3 Å². The monoisotopic (exact) mass is 280 g/mol. The molecule has 5 heteroatoms. The summed E-state index contributed by atoms with van der Waals surface area (Å²) in [5.74, 6) is -0.234. The predicted molar refractivity (Wildman–Crippen MR) is 74.5 cm³/mol. The molecule has 0 radical (unpaired) electrons. The van der Waals surface area contributed by atoms with Gasteiger partial charge in [0, 0.05) is 25.2 Å². The number of likely N-dealkylation sites (tertiary alicyclic amines) is 1. The Morgan fingerprint density at radius 1 is 1.50 bits per heavy atom.